The fourth-order valence-electron chi connectivity index (χ4n) is 2.82. The number of rotatable bonds is 5. The highest BCUT2D eigenvalue weighted by Crippen LogP contribution is 2.32. The van der Waals surface area contributed by atoms with Crippen LogP contribution in [0.25, 0.3) is 11.0 Å². The van der Waals surface area contributed by atoms with Gasteiger partial charge in [-0.1, -0.05) is 12.1 Å². The molecule has 1 amide bonds. The highest BCUT2D eigenvalue weighted by molar-refractivity contribution is 7.08. The molecule has 134 valence electrons. The van der Waals surface area contributed by atoms with E-state index in [0.717, 1.165) is 5.56 Å². The van der Waals surface area contributed by atoms with Crippen LogP contribution in [0.5, 0.6) is 0 Å². The number of nitrogens with one attached hydrogen (secondary N) is 1. The summed E-state index contributed by atoms with van der Waals surface area (Å²) in [5.74, 6) is -1.06. The Morgan fingerprint density at radius 2 is 1.81 bits per heavy atom. The van der Waals surface area contributed by atoms with Crippen molar-refractivity contribution in [1.29, 1.82) is 0 Å². The van der Waals surface area contributed by atoms with Crippen molar-refractivity contribution in [2.24, 2.45) is 0 Å². The summed E-state index contributed by atoms with van der Waals surface area (Å²) in [6.07, 6.45) is 0.202. The van der Waals surface area contributed by atoms with E-state index in [-0.39, 0.29) is 23.7 Å². The molecule has 2 aromatic carbocycles. The maximum absolute atomic E-state index is 13.2. The Balaban J connectivity index is 1.71. The number of furan rings is 1. The third-order valence-corrected chi connectivity index (χ3v) is 4.85. The quantitative estimate of drug-likeness (QED) is 0.494. The van der Waals surface area contributed by atoms with Crippen molar-refractivity contribution in [2.75, 3.05) is 5.32 Å². The molecule has 1 N–H and O–H groups in total. The number of halogens is 1. The van der Waals surface area contributed by atoms with Gasteiger partial charge in [0.25, 0.3) is 0 Å². The normalized spacial score (nSPS) is 10.9. The van der Waals surface area contributed by atoms with E-state index in [1.165, 1.54) is 35.6 Å². The Bertz CT molecular complexity index is 1110. The Morgan fingerprint density at radius 3 is 2.56 bits per heavy atom. The van der Waals surface area contributed by atoms with Crippen LogP contribution in [0.2, 0.25) is 0 Å². The van der Waals surface area contributed by atoms with E-state index in [1.807, 2.05) is 16.8 Å². The lowest BCUT2D eigenvalue weighted by atomic mass is 10.1. The van der Waals surface area contributed by atoms with E-state index in [1.54, 1.807) is 24.3 Å². The van der Waals surface area contributed by atoms with Crippen LogP contribution < -0.4 is 5.32 Å². The summed E-state index contributed by atoms with van der Waals surface area (Å²) in [6, 6.07) is 14.2. The van der Waals surface area contributed by atoms with E-state index >= 15 is 0 Å². The molecule has 2 aromatic heterocycles. The SMILES string of the molecule is O=C(Cc1ccsc1)Nc1c(C(=O)c2ccc(F)cc2)oc2ccccc12. The largest absolute Gasteiger partial charge is 0.450 e. The van der Waals surface area contributed by atoms with E-state index in [2.05, 4.69) is 5.32 Å². The number of benzene rings is 2. The average molecular weight is 379 g/mol. The molecule has 0 aliphatic rings. The molecule has 0 unspecified atom stereocenters. The Kier molecular flexibility index (Phi) is 4.56. The molecule has 0 aliphatic heterocycles. The monoisotopic (exact) mass is 379 g/mol. The van der Waals surface area contributed by atoms with Crippen molar-refractivity contribution in [2.45, 2.75) is 6.42 Å². The van der Waals surface area contributed by atoms with Crippen molar-refractivity contribution in [3.05, 3.63) is 88.1 Å². The first-order chi connectivity index (χ1) is 13.1. The number of para-hydroxylation sites is 1. The highest BCUT2D eigenvalue weighted by Gasteiger charge is 2.23. The van der Waals surface area contributed by atoms with Crippen LogP contribution in [0.4, 0.5) is 10.1 Å². The van der Waals surface area contributed by atoms with Gasteiger partial charge < -0.3 is 9.73 Å². The van der Waals surface area contributed by atoms with Crippen LogP contribution in [-0.2, 0) is 11.2 Å². The van der Waals surface area contributed by atoms with Crippen molar-refractivity contribution >= 4 is 39.7 Å². The van der Waals surface area contributed by atoms with Gasteiger partial charge in [-0.3, -0.25) is 9.59 Å². The fourth-order valence-corrected chi connectivity index (χ4v) is 3.49. The standard InChI is InChI=1S/C21H14FNO3S/c22-15-7-5-14(6-8-15)20(25)21-19(16-3-1-2-4-17(16)26-21)23-18(24)11-13-9-10-27-12-13/h1-10,12H,11H2,(H,23,24). The van der Waals surface area contributed by atoms with Gasteiger partial charge in [-0.25, -0.2) is 4.39 Å². The Hall–Kier alpha value is -3.25. The maximum Gasteiger partial charge on any atom is 0.230 e. The molecule has 0 bridgehead atoms. The van der Waals surface area contributed by atoms with E-state index < -0.39 is 11.6 Å². The molecule has 0 aliphatic carbocycles. The molecule has 0 saturated heterocycles. The number of carbonyl (C=O) groups is 2. The molecule has 2 heterocycles. The van der Waals surface area contributed by atoms with Crippen LogP contribution in [0.3, 0.4) is 0 Å². The average Bonchev–Trinajstić information content (AvgIpc) is 3.30. The molecule has 0 atom stereocenters. The highest BCUT2D eigenvalue weighted by atomic mass is 32.1. The zero-order valence-electron chi connectivity index (χ0n) is 14.1. The smallest absolute Gasteiger partial charge is 0.230 e. The van der Waals surface area contributed by atoms with Gasteiger partial charge in [0.05, 0.1) is 12.1 Å². The summed E-state index contributed by atoms with van der Waals surface area (Å²) in [5.41, 5.74) is 2.01. The van der Waals surface area contributed by atoms with Crippen molar-refractivity contribution in [1.82, 2.24) is 0 Å². The number of hydrogen-bond donors (Lipinski definition) is 1. The van der Waals surface area contributed by atoms with E-state index in [9.17, 15) is 14.0 Å². The summed E-state index contributed by atoms with van der Waals surface area (Å²) in [7, 11) is 0. The molecule has 4 nitrogen and oxygen atoms in total. The van der Waals surface area contributed by atoms with Gasteiger partial charge in [0.15, 0.2) is 5.76 Å². The fraction of sp³-hybridized carbons (Fsp3) is 0.0476. The molecular formula is C21H14FNO3S. The lowest BCUT2D eigenvalue weighted by Gasteiger charge is -2.06. The maximum atomic E-state index is 13.2. The van der Waals surface area contributed by atoms with Gasteiger partial charge in [-0.2, -0.15) is 11.3 Å². The van der Waals surface area contributed by atoms with Crippen LogP contribution in [-0.4, -0.2) is 11.7 Å². The van der Waals surface area contributed by atoms with Crippen LogP contribution >= 0.6 is 11.3 Å². The Morgan fingerprint density at radius 1 is 1.04 bits per heavy atom. The van der Waals surface area contributed by atoms with Crippen molar-refractivity contribution in [3.63, 3.8) is 0 Å². The summed E-state index contributed by atoms with van der Waals surface area (Å²) < 4.78 is 18.9. The predicted octanol–water partition coefficient (Wildman–Crippen LogP) is 5.05. The first-order valence-corrected chi connectivity index (χ1v) is 9.19. The van der Waals surface area contributed by atoms with Gasteiger partial charge in [0.1, 0.15) is 11.4 Å². The lowest BCUT2D eigenvalue weighted by molar-refractivity contribution is -0.115. The number of ketones is 1. The minimum absolute atomic E-state index is 0.0291. The van der Waals surface area contributed by atoms with Crippen molar-refractivity contribution < 1.29 is 18.4 Å². The molecule has 0 spiro atoms. The molecular weight excluding hydrogens is 365 g/mol. The lowest BCUT2D eigenvalue weighted by Crippen LogP contribution is -2.16. The number of hydrogen-bond acceptors (Lipinski definition) is 4. The third-order valence-electron chi connectivity index (χ3n) is 4.12. The van der Waals surface area contributed by atoms with Crippen LogP contribution in [0, 0.1) is 5.82 Å². The van der Waals surface area contributed by atoms with E-state index in [0.29, 0.717) is 16.7 Å². The van der Waals surface area contributed by atoms with Crippen LogP contribution in [0.1, 0.15) is 21.7 Å². The molecule has 0 saturated carbocycles. The molecule has 4 aromatic rings. The van der Waals surface area contributed by atoms with Gasteiger partial charge in [0.2, 0.25) is 11.7 Å². The summed E-state index contributed by atoms with van der Waals surface area (Å²) in [4.78, 5) is 25.3. The number of thiophene rings is 1. The van der Waals surface area contributed by atoms with E-state index in [4.69, 9.17) is 4.42 Å². The zero-order valence-corrected chi connectivity index (χ0v) is 14.9. The number of carbonyl (C=O) groups excluding carboxylic acids is 2. The molecule has 0 fully saturated rings. The second-order valence-electron chi connectivity index (χ2n) is 5.99. The van der Waals surface area contributed by atoms with Gasteiger partial charge >= 0.3 is 0 Å². The molecule has 27 heavy (non-hydrogen) atoms. The summed E-state index contributed by atoms with van der Waals surface area (Å²) >= 11 is 1.52. The summed E-state index contributed by atoms with van der Waals surface area (Å²) in [6.45, 7) is 0. The minimum Gasteiger partial charge on any atom is -0.450 e. The topological polar surface area (TPSA) is 59.3 Å². The van der Waals surface area contributed by atoms with Crippen molar-refractivity contribution in [3.8, 4) is 0 Å². The first kappa shape index (κ1) is 17.2. The number of fused-ring (bicyclic) bond motifs is 1. The number of amides is 1. The molecule has 4 rings (SSSR count). The van der Waals surface area contributed by atoms with Gasteiger partial charge in [-0.15, -0.1) is 0 Å². The van der Waals surface area contributed by atoms with Gasteiger partial charge in [0, 0.05) is 10.9 Å². The van der Waals surface area contributed by atoms with Crippen LogP contribution in [0.15, 0.2) is 69.8 Å². The minimum atomic E-state index is -0.430. The third kappa shape index (κ3) is 3.52. The Labute approximate surface area is 158 Å². The summed E-state index contributed by atoms with van der Waals surface area (Å²) in [5, 5.41) is 7.25. The number of anilines is 1. The van der Waals surface area contributed by atoms with Gasteiger partial charge in [-0.05, 0) is 58.8 Å². The predicted molar refractivity (Wildman–Crippen MR) is 103 cm³/mol. The zero-order chi connectivity index (χ0) is 18.8. The molecule has 6 heteroatoms. The first-order valence-electron chi connectivity index (χ1n) is 8.24. The molecule has 0 radical (unpaired) electrons. The second kappa shape index (κ2) is 7.17. The second-order valence-corrected chi connectivity index (χ2v) is 6.77.